The molecule has 4 aromatic rings. The molecule has 0 radical (unpaired) electrons. The zero-order valence-corrected chi connectivity index (χ0v) is 22.9. The van der Waals surface area contributed by atoms with E-state index in [-0.39, 0.29) is 18.0 Å². The van der Waals surface area contributed by atoms with E-state index in [0.717, 1.165) is 38.5 Å². The third kappa shape index (κ3) is 4.97. The van der Waals surface area contributed by atoms with Gasteiger partial charge in [-0.15, -0.1) is 0 Å². The van der Waals surface area contributed by atoms with Crippen molar-refractivity contribution in [2.45, 2.75) is 25.9 Å². The topological polar surface area (TPSA) is 79.6 Å². The van der Waals surface area contributed by atoms with Crippen molar-refractivity contribution < 1.29 is 13.9 Å². The Bertz CT molecular complexity index is 1470. The Hall–Kier alpha value is -3.69. The summed E-state index contributed by atoms with van der Waals surface area (Å²) in [5.74, 6) is 1.83. The van der Waals surface area contributed by atoms with Crippen molar-refractivity contribution in [3.8, 4) is 17.1 Å². The minimum absolute atomic E-state index is 0.195. The predicted molar refractivity (Wildman–Crippen MR) is 152 cm³/mol. The molecule has 2 aromatic carbocycles. The van der Waals surface area contributed by atoms with E-state index in [1.807, 2.05) is 66.4 Å². The van der Waals surface area contributed by atoms with E-state index in [9.17, 15) is 4.79 Å². The van der Waals surface area contributed by atoms with Crippen LogP contribution in [0.25, 0.3) is 11.3 Å². The van der Waals surface area contributed by atoms with E-state index in [4.69, 9.17) is 21.4 Å². The SMILES string of the molecule is COc1ccc(N2C(=S)NC(c3ccccn3)C2c2ccc(-c3ccc(C)cc3Br)o2)cc1NC(C)=O. The zero-order valence-electron chi connectivity index (χ0n) is 20.5. The molecule has 0 aliphatic carbocycles. The second-order valence-electron chi connectivity index (χ2n) is 8.75. The molecule has 3 heterocycles. The highest BCUT2D eigenvalue weighted by Gasteiger charge is 2.42. The van der Waals surface area contributed by atoms with Gasteiger partial charge in [0.2, 0.25) is 5.91 Å². The van der Waals surface area contributed by atoms with Crippen LogP contribution in [-0.4, -0.2) is 23.1 Å². The molecule has 2 unspecified atom stereocenters. The largest absolute Gasteiger partial charge is 0.495 e. The van der Waals surface area contributed by atoms with E-state index in [1.165, 1.54) is 6.92 Å². The molecule has 0 saturated carbocycles. The van der Waals surface area contributed by atoms with E-state index in [2.05, 4.69) is 43.7 Å². The number of hydrogen-bond donors (Lipinski definition) is 2. The van der Waals surface area contributed by atoms with E-state index in [1.54, 1.807) is 13.3 Å². The fourth-order valence-corrected chi connectivity index (χ4v) is 5.57. The Morgan fingerprint density at radius 2 is 2.00 bits per heavy atom. The number of carbonyl (C=O) groups is 1. The smallest absolute Gasteiger partial charge is 0.221 e. The summed E-state index contributed by atoms with van der Waals surface area (Å²) in [6.07, 6.45) is 1.76. The number of ether oxygens (including phenoxy) is 1. The number of nitrogens with zero attached hydrogens (tertiary/aromatic N) is 2. The van der Waals surface area contributed by atoms with Crippen molar-refractivity contribution in [3.63, 3.8) is 0 Å². The van der Waals surface area contributed by atoms with E-state index >= 15 is 0 Å². The summed E-state index contributed by atoms with van der Waals surface area (Å²) in [6.45, 7) is 3.51. The van der Waals surface area contributed by atoms with Crippen LogP contribution >= 0.6 is 28.1 Å². The van der Waals surface area contributed by atoms with Gasteiger partial charge < -0.3 is 24.7 Å². The Balaban J connectivity index is 1.61. The minimum atomic E-state index is -0.334. The maximum atomic E-state index is 11.8. The number of carbonyl (C=O) groups excluding carboxylic acids is 1. The fourth-order valence-electron chi connectivity index (χ4n) is 4.53. The average Bonchev–Trinajstić information content (AvgIpc) is 3.48. The van der Waals surface area contributed by atoms with Gasteiger partial charge in [-0.05, 0) is 79.3 Å². The van der Waals surface area contributed by atoms with Crippen LogP contribution in [0.5, 0.6) is 5.75 Å². The standard InChI is InChI=1S/C28H25BrN4O3S/c1-16-7-9-19(20(29)14-16)23-11-12-25(36-23)27-26(21-6-4-5-13-30-21)32-28(37)33(27)18-8-10-24(35-3)22(15-18)31-17(2)34/h4-15,26-27H,1-3H3,(H,31,34)(H,32,37). The Labute approximate surface area is 229 Å². The van der Waals surface area contributed by atoms with E-state index in [0.29, 0.717) is 16.5 Å². The van der Waals surface area contributed by atoms with Crippen molar-refractivity contribution >= 4 is 50.5 Å². The predicted octanol–water partition coefficient (Wildman–Crippen LogP) is 6.56. The highest BCUT2D eigenvalue weighted by Crippen LogP contribution is 2.44. The number of halogens is 1. The Kier molecular flexibility index (Phi) is 6.99. The molecule has 188 valence electrons. The number of hydrogen-bond acceptors (Lipinski definition) is 5. The van der Waals surface area contributed by atoms with Crippen LogP contribution in [-0.2, 0) is 4.79 Å². The van der Waals surface area contributed by atoms with Gasteiger partial charge in [0.1, 0.15) is 23.3 Å². The first-order chi connectivity index (χ1) is 17.9. The van der Waals surface area contributed by atoms with Crippen LogP contribution in [0.3, 0.4) is 0 Å². The summed E-state index contributed by atoms with van der Waals surface area (Å²) in [4.78, 5) is 18.4. The number of aryl methyl sites for hydroxylation is 1. The molecule has 2 atom stereocenters. The number of benzene rings is 2. The van der Waals surface area contributed by atoms with Gasteiger partial charge in [-0.25, -0.2) is 0 Å². The summed E-state index contributed by atoms with van der Waals surface area (Å²) < 4.78 is 12.9. The number of pyridine rings is 1. The number of methoxy groups -OCH3 is 1. The Morgan fingerprint density at radius 3 is 2.70 bits per heavy atom. The number of amides is 1. The molecule has 37 heavy (non-hydrogen) atoms. The fraction of sp³-hybridized carbons (Fsp3) is 0.179. The van der Waals surface area contributed by atoms with Crippen molar-refractivity contribution in [2.24, 2.45) is 0 Å². The molecule has 7 nitrogen and oxygen atoms in total. The summed E-state index contributed by atoms with van der Waals surface area (Å²) in [7, 11) is 1.57. The number of thiocarbonyl (C=S) groups is 1. The molecule has 1 saturated heterocycles. The molecule has 1 aliphatic heterocycles. The number of rotatable bonds is 6. The minimum Gasteiger partial charge on any atom is -0.495 e. The number of furan rings is 1. The van der Waals surface area contributed by atoms with Crippen LogP contribution in [0, 0.1) is 6.92 Å². The highest BCUT2D eigenvalue weighted by molar-refractivity contribution is 9.10. The van der Waals surface area contributed by atoms with Gasteiger partial charge in [-0.1, -0.05) is 28.1 Å². The molecule has 1 amide bonds. The second kappa shape index (κ2) is 10.4. The summed E-state index contributed by atoms with van der Waals surface area (Å²) in [6, 6.07) is 20.9. The molecule has 2 N–H and O–H groups in total. The normalized spacial score (nSPS) is 17.0. The van der Waals surface area contributed by atoms with Gasteiger partial charge in [0.15, 0.2) is 5.11 Å². The van der Waals surface area contributed by atoms with Gasteiger partial charge in [0.25, 0.3) is 0 Å². The first kappa shape index (κ1) is 25.0. The molecular formula is C28H25BrN4O3S. The lowest BCUT2D eigenvalue weighted by Crippen LogP contribution is -2.29. The second-order valence-corrected chi connectivity index (χ2v) is 9.99. The molecule has 1 fully saturated rings. The van der Waals surface area contributed by atoms with Gasteiger partial charge in [-0.3, -0.25) is 9.78 Å². The molecule has 1 aliphatic rings. The number of nitrogens with one attached hydrogen (secondary N) is 2. The molecular weight excluding hydrogens is 552 g/mol. The van der Waals surface area contributed by atoms with Crippen molar-refractivity contribution in [1.29, 1.82) is 0 Å². The monoisotopic (exact) mass is 576 g/mol. The first-order valence-corrected chi connectivity index (χ1v) is 12.9. The van der Waals surface area contributed by atoms with Crippen LogP contribution in [0.15, 0.2) is 81.8 Å². The third-order valence-electron chi connectivity index (χ3n) is 6.18. The molecule has 9 heteroatoms. The first-order valence-electron chi connectivity index (χ1n) is 11.7. The van der Waals surface area contributed by atoms with Gasteiger partial charge in [0.05, 0.1) is 24.5 Å². The average molecular weight is 578 g/mol. The summed E-state index contributed by atoms with van der Waals surface area (Å²) in [5, 5.41) is 6.79. The van der Waals surface area contributed by atoms with Crippen molar-refractivity contribution in [2.75, 3.05) is 17.3 Å². The van der Waals surface area contributed by atoms with Crippen LogP contribution < -0.4 is 20.3 Å². The third-order valence-corrected chi connectivity index (χ3v) is 7.15. The summed E-state index contributed by atoms with van der Waals surface area (Å²) in [5.41, 5.74) is 4.29. The van der Waals surface area contributed by atoms with Gasteiger partial charge >= 0.3 is 0 Å². The highest BCUT2D eigenvalue weighted by atomic mass is 79.9. The van der Waals surface area contributed by atoms with Gasteiger partial charge in [-0.2, -0.15) is 0 Å². The number of anilines is 2. The van der Waals surface area contributed by atoms with Crippen LogP contribution in [0.1, 0.15) is 36.0 Å². The lowest BCUT2D eigenvalue weighted by Gasteiger charge is -2.27. The van der Waals surface area contributed by atoms with Crippen molar-refractivity contribution in [3.05, 3.63) is 94.4 Å². The molecule has 5 rings (SSSR count). The van der Waals surface area contributed by atoms with Gasteiger partial charge in [0, 0.05) is 28.8 Å². The maximum absolute atomic E-state index is 11.8. The Morgan fingerprint density at radius 1 is 1.16 bits per heavy atom. The number of aromatic nitrogens is 1. The summed E-state index contributed by atoms with van der Waals surface area (Å²) >= 11 is 9.49. The quantitative estimate of drug-likeness (QED) is 0.252. The lowest BCUT2D eigenvalue weighted by atomic mass is 10.0. The van der Waals surface area contributed by atoms with Crippen LogP contribution in [0.4, 0.5) is 11.4 Å². The van der Waals surface area contributed by atoms with E-state index < -0.39 is 0 Å². The zero-order chi connectivity index (χ0) is 26.1. The molecule has 2 aromatic heterocycles. The molecule has 0 bridgehead atoms. The molecule has 0 spiro atoms. The van der Waals surface area contributed by atoms with Crippen LogP contribution in [0.2, 0.25) is 0 Å². The maximum Gasteiger partial charge on any atom is 0.221 e. The van der Waals surface area contributed by atoms with Crippen molar-refractivity contribution in [1.82, 2.24) is 10.3 Å². The lowest BCUT2D eigenvalue weighted by molar-refractivity contribution is -0.114.